The van der Waals surface area contributed by atoms with E-state index >= 15 is 0 Å². The quantitative estimate of drug-likeness (QED) is 0.848. The van der Waals surface area contributed by atoms with Gasteiger partial charge in [-0.15, -0.1) is 0 Å². The Balaban J connectivity index is 1.93. The summed E-state index contributed by atoms with van der Waals surface area (Å²) in [4.78, 5) is 30.7. The maximum absolute atomic E-state index is 14.6. The molecule has 2 atom stereocenters. The minimum absolute atomic E-state index is 0.0134. The van der Waals surface area contributed by atoms with Crippen LogP contribution in [0.25, 0.3) is 10.9 Å². The monoisotopic (exact) mass is 333 g/mol. The Kier molecular flexibility index (Phi) is 3.24. The lowest BCUT2D eigenvalue weighted by molar-refractivity contribution is 0.0691. The Hall–Kier alpha value is -2.61. The van der Waals surface area contributed by atoms with Crippen LogP contribution in [0, 0.1) is 5.82 Å². The van der Waals surface area contributed by atoms with Crippen LogP contribution in [0.3, 0.4) is 0 Å². The number of carboxylic acids is 1. The molecule has 3 heterocycles. The first kappa shape index (κ1) is 14.9. The first-order valence-corrected chi connectivity index (χ1v) is 7.66. The highest BCUT2D eigenvalue weighted by Gasteiger charge is 2.38. The predicted octanol–water partition coefficient (Wildman–Crippen LogP) is 0.448. The van der Waals surface area contributed by atoms with Crippen LogP contribution in [0.2, 0.25) is 0 Å². The average molecular weight is 333 g/mol. The third-order valence-electron chi connectivity index (χ3n) is 4.83. The van der Waals surface area contributed by atoms with E-state index in [1.165, 1.54) is 11.8 Å². The highest BCUT2D eigenvalue weighted by atomic mass is 19.1. The minimum Gasteiger partial charge on any atom is -0.477 e. The average Bonchev–Trinajstić information content (AvgIpc) is 3.18. The number of pyridine rings is 1. The van der Waals surface area contributed by atoms with Gasteiger partial charge < -0.3 is 20.2 Å². The van der Waals surface area contributed by atoms with Crippen LogP contribution >= 0.6 is 0 Å². The van der Waals surface area contributed by atoms with Crippen molar-refractivity contribution in [3.05, 3.63) is 39.9 Å². The lowest BCUT2D eigenvalue weighted by Gasteiger charge is -2.30. The van der Waals surface area contributed by atoms with Gasteiger partial charge >= 0.3 is 5.97 Å². The fraction of sp³-hybridized carbons (Fsp3) is 0.375. The summed E-state index contributed by atoms with van der Waals surface area (Å²) in [6, 6.07) is 3.24. The molecule has 2 saturated heterocycles. The number of nitrogens with one attached hydrogen (secondary N) is 1. The van der Waals surface area contributed by atoms with Crippen molar-refractivity contribution in [3.63, 3.8) is 0 Å². The van der Waals surface area contributed by atoms with Crippen LogP contribution in [0.1, 0.15) is 16.8 Å². The molecule has 8 heteroatoms. The Morgan fingerprint density at radius 3 is 2.83 bits per heavy atom. The molecule has 2 unspecified atom stereocenters. The third-order valence-corrected chi connectivity index (χ3v) is 4.83. The number of carbonyl (C=O) groups is 1. The molecule has 0 saturated carbocycles. The van der Waals surface area contributed by atoms with E-state index < -0.39 is 22.8 Å². The zero-order valence-electron chi connectivity index (χ0n) is 13.0. The number of piperazine rings is 1. The topological polar surface area (TPSA) is 83.8 Å². The second-order valence-corrected chi connectivity index (χ2v) is 6.15. The molecule has 0 aliphatic carbocycles. The molecule has 2 aromatic rings. The molecule has 2 bridgehead atoms. The number of aromatic nitrogens is 1. The summed E-state index contributed by atoms with van der Waals surface area (Å²) in [6.07, 6.45) is 2.08. The number of aromatic carboxylic acids is 1. The molecule has 1 aromatic heterocycles. The van der Waals surface area contributed by atoms with Gasteiger partial charge in [-0.1, -0.05) is 0 Å². The molecule has 2 aliphatic heterocycles. The SMILES string of the molecule is COn1cc(C(=O)O)c(=O)c2cc(F)c(N3CC4CC3CN4)cc21. The van der Waals surface area contributed by atoms with E-state index in [1.807, 2.05) is 4.90 Å². The smallest absolute Gasteiger partial charge is 0.341 e. The molecule has 126 valence electrons. The van der Waals surface area contributed by atoms with Crippen LogP contribution in [-0.2, 0) is 0 Å². The molecule has 2 aliphatic rings. The molecule has 2 N–H and O–H groups in total. The fourth-order valence-corrected chi connectivity index (χ4v) is 3.68. The highest BCUT2D eigenvalue weighted by molar-refractivity contribution is 5.93. The molecular weight excluding hydrogens is 317 g/mol. The zero-order valence-corrected chi connectivity index (χ0v) is 13.0. The summed E-state index contributed by atoms with van der Waals surface area (Å²) < 4.78 is 15.8. The van der Waals surface area contributed by atoms with Crippen LogP contribution in [0.5, 0.6) is 0 Å². The van der Waals surface area contributed by atoms with Gasteiger partial charge in [0.2, 0.25) is 5.43 Å². The van der Waals surface area contributed by atoms with Gasteiger partial charge in [0.25, 0.3) is 0 Å². The highest BCUT2D eigenvalue weighted by Crippen LogP contribution is 2.33. The predicted molar refractivity (Wildman–Crippen MR) is 85.2 cm³/mol. The Labute approximate surface area is 136 Å². The van der Waals surface area contributed by atoms with Gasteiger partial charge in [0.1, 0.15) is 18.5 Å². The van der Waals surface area contributed by atoms with Crippen molar-refractivity contribution in [2.75, 3.05) is 25.1 Å². The number of carboxylic acid groups (broad SMARTS) is 1. The first-order chi connectivity index (χ1) is 11.5. The fourth-order valence-electron chi connectivity index (χ4n) is 3.68. The van der Waals surface area contributed by atoms with Crippen molar-refractivity contribution >= 4 is 22.6 Å². The van der Waals surface area contributed by atoms with E-state index in [0.717, 1.165) is 25.2 Å². The number of hydrogen-bond acceptors (Lipinski definition) is 5. The standard InChI is InChI=1S/C16H16FN3O4/c1-24-20-7-11(16(22)23)15(21)10-3-12(17)14(4-13(10)20)19-6-8-2-9(19)5-18-8/h3-4,7-9,18H,2,5-6H2,1H3,(H,22,23). The number of benzene rings is 1. The lowest BCUT2D eigenvalue weighted by Crippen LogP contribution is -2.44. The van der Waals surface area contributed by atoms with Gasteiger partial charge in [-0.3, -0.25) is 4.79 Å². The van der Waals surface area contributed by atoms with Crippen LogP contribution < -0.4 is 20.5 Å². The number of rotatable bonds is 3. The van der Waals surface area contributed by atoms with Gasteiger partial charge in [-0.2, -0.15) is 4.73 Å². The minimum atomic E-state index is -1.37. The molecule has 4 rings (SSSR count). The molecule has 1 aromatic carbocycles. The van der Waals surface area contributed by atoms with Gasteiger partial charge in [0.05, 0.1) is 22.8 Å². The van der Waals surface area contributed by atoms with Crippen molar-refractivity contribution in [3.8, 4) is 0 Å². The number of hydrogen-bond donors (Lipinski definition) is 2. The maximum Gasteiger partial charge on any atom is 0.341 e. The van der Waals surface area contributed by atoms with Crippen molar-refractivity contribution in [1.82, 2.24) is 10.0 Å². The van der Waals surface area contributed by atoms with Crippen molar-refractivity contribution in [1.29, 1.82) is 0 Å². The Morgan fingerprint density at radius 1 is 1.46 bits per heavy atom. The molecule has 7 nitrogen and oxygen atoms in total. The number of anilines is 1. The molecule has 24 heavy (non-hydrogen) atoms. The summed E-state index contributed by atoms with van der Waals surface area (Å²) >= 11 is 0. The third kappa shape index (κ3) is 2.06. The molecule has 0 spiro atoms. The lowest BCUT2D eigenvalue weighted by atomic mass is 10.1. The second kappa shape index (κ2) is 5.20. The van der Waals surface area contributed by atoms with E-state index in [0.29, 0.717) is 23.8 Å². The van der Waals surface area contributed by atoms with Gasteiger partial charge in [-0.25, -0.2) is 9.18 Å². The van der Waals surface area contributed by atoms with Crippen LogP contribution in [0.15, 0.2) is 23.1 Å². The zero-order chi connectivity index (χ0) is 17.0. The number of fused-ring (bicyclic) bond motifs is 3. The van der Waals surface area contributed by atoms with E-state index in [2.05, 4.69) is 5.32 Å². The van der Waals surface area contributed by atoms with E-state index in [4.69, 9.17) is 9.94 Å². The second-order valence-electron chi connectivity index (χ2n) is 6.15. The Bertz CT molecular complexity index is 910. The van der Waals surface area contributed by atoms with Crippen LogP contribution in [-0.4, -0.2) is 48.1 Å². The molecule has 0 radical (unpaired) electrons. The van der Waals surface area contributed by atoms with E-state index in [9.17, 15) is 14.0 Å². The first-order valence-electron chi connectivity index (χ1n) is 7.66. The van der Waals surface area contributed by atoms with Crippen LogP contribution in [0.4, 0.5) is 10.1 Å². The van der Waals surface area contributed by atoms with Gasteiger partial charge in [0, 0.05) is 25.2 Å². The van der Waals surface area contributed by atoms with E-state index in [-0.39, 0.29) is 11.4 Å². The van der Waals surface area contributed by atoms with E-state index in [1.54, 1.807) is 6.07 Å². The molecular formula is C16H16FN3O4. The summed E-state index contributed by atoms with van der Waals surface area (Å²) in [6.45, 7) is 1.51. The molecule has 2 fully saturated rings. The van der Waals surface area contributed by atoms with Crippen molar-refractivity contribution < 1.29 is 19.1 Å². The maximum atomic E-state index is 14.6. The summed E-state index contributed by atoms with van der Waals surface area (Å²) in [5.41, 5.74) is -0.425. The Morgan fingerprint density at radius 2 is 2.25 bits per heavy atom. The number of halogens is 1. The number of nitrogens with zero attached hydrogens (tertiary/aromatic N) is 2. The molecule has 0 amide bonds. The van der Waals surface area contributed by atoms with Gasteiger partial charge in [0.15, 0.2) is 0 Å². The normalized spacial score (nSPS) is 22.3. The van der Waals surface area contributed by atoms with Crippen molar-refractivity contribution in [2.24, 2.45) is 0 Å². The summed E-state index contributed by atoms with van der Waals surface area (Å²) in [5, 5.41) is 12.5. The summed E-state index contributed by atoms with van der Waals surface area (Å²) in [7, 11) is 1.36. The van der Waals surface area contributed by atoms with Crippen molar-refractivity contribution in [2.45, 2.75) is 18.5 Å². The summed E-state index contributed by atoms with van der Waals surface area (Å²) in [5.74, 6) is -1.91. The van der Waals surface area contributed by atoms with Gasteiger partial charge in [-0.05, 0) is 18.6 Å². The largest absolute Gasteiger partial charge is 0.477 e.